The molecule has 2 N–H and O–H groups in total. The minimum atomic E-state index is -0.335. The second-order valence-electron chi connectivity index (χ2n) is 6.72. The van der Waals surface area contributed by atoms with Crippen LogP contribution < -0.4 is 10.9 Å². The van der Waals surface area contributed by atoms with Crippen LogP contribution in [0.4, 0.5) is 0 Å². The molecule has 1 heterocycles. The number of nitrogens with zero attached hydrogens (tertiary/aromatic N) is 1. The average Bonchev–Trinajstić information content (AvgIpc) is 2.85. The van der Waals surface area contributed by atoms with Crippen molar-refractivity contribution in [1.29, 1.82) is 0 Å². The summed E-state index contributed by atoms with van der Waals surface area (Å²) in [5.74, 6) is -0.317. The lowest BCUT2D eigenvalue weighted by atomic mass is 10.0. The number of pyridine rings is 1. The number of carbonyl (C=O) groups excluding carboxylic acids is 1. The van der Waals surface area contributed by atoms with Gasteiger partial charge in [0.05, 0.1) is 6.04 Å². The Labute approximate surface area is 141 Å². The largest absolute Gasteiger partial charge is 0.343 e. The lowest BCUT2D eigenvalue weighted by Gasteiger charge is -2.27. The molecule has 0 radical (unpaired) electrons. The second kappa shape index (κ2) is 6.24. The molecule has 0 spiro atoms. The van der Waals surface area contributed by atoms with Crippen molar-refractivity contribution < 1.29 is 4.79 Å². The van der Waals surface area contributed by atoms with E-state index in [-0.39, 0.29) is 29.1 Å². The zero-order valence-corrected chi connectivity index (χ0v) is 14.5. The quantitative estimate of drug-likeness (QED) is 0.906. The van der Waals surface area contributed by atoms with Crippen molar-refractivity contribution in [3.63, 3.8) is 0 Å². The lowest BCUT2D eigenvalue weighted by molar-refractivity contribution is 0.0912. The summed E-state index contributed by atoms with van der Waals surface area (Å²) in [6.45, 7) is 3.61. The van der Waals surface area contributed by atoms with E-state index in [9.17, 15) is 9.59 Å². The molecule has 0 fully saturated rings. The predicted octanol–water partition coefficient (Wildman–Crippen LogP) is 1.95. The van der Waals surface area contributed by atoms with Gasteiger partial charge < -0.3 is 15.2 Å². The van der Waals surface area contributed by atoms with Crippen LogP contribution in [0.25, 0.3) is 0 Å². The maximum absolute atomic E-state index is 12.8. The van der Waals surface area contributed by atoms with Gasteiger partial charge in [-0.05, 0) is 57.1 Å². The smallest absolute Gasteiger partial charge is 0.261 e. The molecule has 1 amide bonds. The molecule has 0 saturated heterocycles. The van der Waals surface area contributed by atoms with Crippen molar-refractivity contribution in [2.75, 3.05) is 14.1 Å². The zero-order valence-electron chi connectivity index (χ0n) is 14.5. The minimum absolute atomic E-state index is 0.121. The Morgan fingerprint density at radius 3 is 2.62 bits per heavy atom. The number of rotatable bonds is 3. The third kappa shape index (κ3) is 2.87. The molecule has 0 saturated carbocycles. The van der Waals surface area contributed by atoms with E-state index in [1.807, 2.05) is 39.2 Å². The van der Waals surface area contributed by atoms with Crippen LogP contribution in [0.1, 0.15) is 38.8 Å². The fourth-order valence-electron chi connectivity index (χ4n) is 3.58. The monoisotopic (exact) mass is 325 g/mol. The molecular weight excluding hydrogens is 302 g/mol. The molecule has 3 rings (SSSR count). The number of hydrogen-bond acceptors (Lipinski definition) is 3. The van der Waals surface area contributed by atoms with Crippen LogP contribution in [-0.2, 0) is 6.42 Å². The molecule has 2 aromatic rings. The Kier molecular flexibility index (Phi) is 4.28. The Balaban J connectivity index is 1.95. The number of aromatic nitrogens is 1. The number of aromatic amines is 1. The van der Waals surface area contributed by atoms with Gasteiger partial charge >= 0.3 is 0 Å². The number of amides is 1. The van der Waals surface area contributed by atoms with Gasteiger partial charge in [0, 0.05) is 11.7 Å². The summed E-state index contributed by atoms with van der Waals surface area (Å²) < 4.78 is 0. The van der Waals surface area contributed by atoms with Crippen molar-refractivity contribution in [1.82, 2.24) is 15.2 Å². The van der Waals surface area contributed by atoms with Crippen molar-refractivity contribution >= 4 is 5.91 Å². The molecule has 126 valence electrons. The number of fused-ring (bicyclic) bond motifs is 1. The van der Waals surface area contributed by atoms with Gasteiger partial charge in [-0.1, -0.05) is 24.3 Å². The van der Waals surface area contributed by atoms with Gasteiger partial charge in [0.15, 0.2) is 0 Å². The van der Waals surface area contributed by atoms with E-state index >= 15 is 0 Å². The first-order valence-electron chi connectivity index (χ1n) is 8.14. The van der Waals surface area contributed by atoms with Gasteiger partial charge in [0.1, 0.15) is 5.56 Å². The number of aryl methyl sites for hydroxylation is 2. The number of carbonyl (C=O) groups is 1. The zero-order chi connectivity index (χ0) is 17.4. The molecule has 0 unspecified atom stereocenters. The van der Waals surface area contributed by atoms with Crippen LogP contribution in [-0.4, -0.2) is 35.9 Å². The van der Waals surface area contributed by atoms with Gasteiger partial charge in [0.25, 0.3) is 11.5 Å². The Bertz CT molecular complexity index is 839. The third-order valence-electron chi connectivity index (χ3n) is 4.75. The number of benzene rings is 1. The summed E-state index contributed by atoms with van der Waals surface area (Å²) in [4.78, 5) is 29.8. The van der Waals surface area contributed by atoms with Crippen LogP contribution in [0.3, 0.4) is 0 Å². The van der Waals surface area contributed by atoms with E-state index in [1.165, 1.54) is 5.56 Å². The molecule has 1 aromatic heterocycles. The molecule has 5 heteroatoms. The SMILES string of the molecule is Cc1cc(C)c(C(=O)N[C@@H]2c3ccccc3C[C@H]2N(C)C)c(=O)[nH]1. The summed E-state index contributed by atoms with van der Waals surface area (Å²) in [5, 5.41) is 3.08. The van der Waals surface area contributed by atoms with Gasteiger partial charge in [-0.15, -0.1) is 0 Å². The van der Waals surface area contributed by atoms with E-state index in [4.69, 9.17) is 0 Å². The van der Waals surface area contributed by atoms with E-state index in [1.54, 1.807) is 6.92 Å². The standard InChI is InChI=1S/C19H23N3O2/c1-11-9-12(2)20-18(23)16(11)19(24)21-17-14-8-6-5-7-13(14)10-15(17)22(3)4/h5-9,15,17H,10H2,1-4H3,(H,20,23)(H,21,24)/t15-,17-/m1/s1. The van der Waals surface area contributed by atoms with Crippen LogP contribution >= 0.6 is 0 Å². The molecule has 0 aliphatic heterocycles. The maximum atomic E-state index is 12.8. The van der Waals surface area contributed by atoms with Crippen LogP contribution in [0.5, 0.6) is 0 Å². The second-order valence-corrected chi connectivity index (χ2v) is 6.72. The van der Waals surface area contributed by atoms with Crippen molar-refractivity contribution in [2.45, 2.75) is 32.4 Å². The maximum Gasteiger partial charge on any atom is 0.261 e. The molecule has 24 heavy (non-hydrogen) atoms. The molecule has 5 nitrogen and oxygen atoms in total. The van der Waals surface area contributed by atoms with Crippen molar-refractivity contribution in [3.8, 4) is 0 Å². The summed E-state index contributed by atoms with van der Waals surface area (Å²) in [6.07, 6.45) is 0.886. The molecule has 1 aromatic carbocycles. The van der Waals surface area contributed by atoms with Crippen LogP contribution in [0.2, 0.25) is 0 Å². The molecular formula is C19H23N3O2. The van der Waals surface area contributed by atoms with E-state index in [0.29, 0.717) is 5.56 Å². The Morgan fingerprint density at radius 1 is 1.25 bits per heavy atom. The Hall–Kier alpha value is -2.40. The van der Waals surface area contributed by atoms with E-state index in [2.05, 4.69) is 27.3 Å². The molecule has 2 atom stereocenters. The van der Waals surface area contributed by atoms with Crippen molar-refractivity contribution in [2.24, 2.45) is 0 Å². The minimum Gasteiger partial charge on any atom is -0.343 e. The first-order chi connectivity index (χ1) is 11.4. The van der Waals surface area contributed by atoms with E-state index in [0.717, 1.165) is 17.7 Å². The molecule has 1 aliphatic carbocycles. The highest BCUT2D eigenvalue weighted by molar-refractivity contribution is 5.95. The summed E-state index contributed by atoms with van der Waals surface area (Å²) in [6, 6.07) is 10.0. The van der Waals surface area contributed by atoms with Gasteiger partial charge in [-0.3, -0.25) is 9.59 Å². The highest BCUT2D eigenvalue weighted by Gasteiger charge is 2.35. The van der Waals surface area contributed by atoms with Crippen LogP contribution in [0.15, 0.2) is 35.1 Å². The highest BCUT2D eigenvalue weighted by Crippen LogP contribution is 2.33. The third-order valence-corrected chi connectivity index (χ3v) is 4.75. The van der Waals surface area contributed by atoms with Gasteiger partial charge in [-0.2, -0.15) is 0 Å². The van der Waals surface area contributed by atoms with Crippen LogP contribution in [0, 0.1) is 13.8 Å². The lowest BCUT2D eigenvalue weighted by Crippen LogP contribution is -2.42. The highest BCUT2D eigenvalue weighted by atomic mass is 16.2. The fourth-order valence-corrected chi connectivity index (χ4v) is 3.58. The number of H-pyrrole nitrogens is 1. The summed E-state index contributed by atoms with van der Waals surface area (Å²) in [7, 11) is 4.03. The number of hydrogen-bond donors (Lipinski definition) is 2. The van der Waals surface area contributed by atoms with Gasteiger partial charge in [-0.25, -0.2) is 0 Å². The van der Waals surface area contributed by atoms with Gasteiger partial charge in [0.2, 0.25) is 0 Å². The Morgan fingerprint density at radius 2 is 1.96 bits per heavy atom. The first kappa shape index (κ1) is 16.5. The average molecular weight is 325 g/mol. The summed E-state index contributed by atoms with van der Waals surface area (Å²) >= 11 is 0. The number of likely N-dealkylation sites (N-methyl/N-ethyl adjacent to an activating group) is 1. The predicted molar refractivity (Wildman–Crippen MR) is 94.4 cm³/mol. The normalized spacial score (nSPS) is 19.4. The van der Waals surface area contributed by atoms with E-state index < -0.39 is 0 Å². The number of nitrogens with one attached hydrogen (secondary N) is 2. The van der Waals surface area contributed by atoms with Crippen molar-refractivity contribution in [3.05, 3.63) is 68.6 Å². The molecule has 0 bridgehead atoms. The fraction of sp³-hybridized carbons (Fsp3) is 0.368. The molecule has 1 aliphatic rings. The first-order valence-corrected chi connectivity index (χ1v) is 8.14. The topological polar surface area (TPSA) is 65.2 Å². The summed E-state index contributed by atoms with van der Waals surface area (Å²) in [5.41, 5.74) is 3.69.